The number of hydrogen-bond acceptors (Lipinski definition) is 3. The van der Waals surface area contributed by atoms with Gasteiger partial charge in [0.2, 0.25) is 0 Å². The maximum absolute atomic E-state index is 11.5. The Hall–Kier alpha value is -2.49. The summed E-state index contributed by atoms with van der Waals surface area (Å²) >= 11 is 0. The van der Waals surface area contributed by atoms with E-state index in [4.69, 9.17) is 4.74 Å². The molecule has 0 atom stereocenters. The van der Waals surface area contributed by atoms with E-state index in [9.17, 15) is 9.90 Å². The van der Waals surface area contributed by atoms with E-state index < -0.39 is 5.97 Å². The molecular formula is C20H25NO3. The SMILES string of the molecule is CCCCNc1cc(C(=O)O)cc(C(C)C)c1Oc1ccccc1. The first-order chi connectivity index (χ1) is 11.5. The molecule has 4 nitrogen and oxygen atoms in total. The van der Waals surface area contributed by atoms with Crippen molar-refractivity contribution in [1.29, 1.82) is 0 Å². The van der Waals surface area contributed by atoms with Crippen LogP contribution in [0.25, 0.3) is 0 Å². The molecule has 0 saturated carbocycles. The van der Waals surface area contributed by atoms with Gasteiger partial charge in [-0.05, 0) is 36.6 Å². The number of carbonyl (C=O) groups is 1. The Bertz CT molecular complexity index is 681. The van der Waals surface area contributed by atoms with Crippen molar-refractivity contribution in [1.82, 2.24) is 0 Å². The summed E-state index contributed by atoms with van der Waals surface area (Å²) in [5.74, 6) is 0.662. The number of rotatable bonds is 8. The number of carboxylic acids is 1. The van der Waals surface area contributed by atoms with Crippen LogP contribution in [0, 0.1) is 0 Å². The highest BCUT2D eigenvalue weighted by atomic mass is 16.5. The lowest BCUT2D eigenvalue weighted by atomic mass is 9.98. The van der Waals surface area contributed by atoms with Crippen molar-refractivity contribution in [3.05, 3.63) is 53.6 Å². The van der Waals surface area contributed by atoms with E-state index in [1.165, 1.54) is 0 Å². The predicted octanol–water partition coefficient (Wildman–Crippen LogP) is 5.51. The number of unbranched alkanes of at least 4 members (excludes halogenated alkanes) is 1. The quantitative estimate of drug-likeness (QED) is 0.627. The molecule has 0 aliphatic carbocycles. The van der Waals surface area contributed by atoms with E-state index in [0.29, 0.717) is 5.75 Å². The van der Waals surface area contributed by atoms with Gasteiger partial charge in [0.25, 0.3) is 0 Å². The molecule has 0 aliphatic heterocycles. The van der Waals surface area contributed by atoms with E-state index in [2.05, 4.69) is 12.2 Å². The van der Waals surface area contributed by atoms with Gasteiger partial charge < -0.3 is 15.2 Å². The highest BCUT2D eigenvalue weighted by Gasteiger charge is 2.18. The summed E-state index contributed by atoms with van der Waals surface area (Å²) in [7, 11) is 0. The van der Waals surface area contributed by atoms with Gasteiger partial charge in [-0.2, -0.15) is 0 Å². The molecule has 2 N–H and O–H groups in total. The second kappa shape index (κ2) is 8.39. The van der Waals surface area contributed by atoms with Crippen LogP contribution in [0.3, 0.4) is 0 Å². The second-order valence-corrected chi connectivity index (χ2v) is 6.10. The normalized spacial score (nSPS) is 10.7. The molecule has 0 aromatic heterocycles. The van der Waals surface area contributed by atoms with Crippen molar-refractivity contribution in [3.63, 3.8) is 0 Å². The summed E-state index contributed by atoms with van der Waals surface area (Å²) in [5.41, 5.74) is 1.90. The second-order valence-electron chi connectivity index (χ2n) is 6.10. The Balaban J connectivity index is 2.47. The molecule has 2 rings (SSSR count). The van der Waals surface area contributed by atoms with Gasteiger partial charge in [0, 0.05) is 12.1 Å². The molecule has 0 bridgehead atoms. The lowest BCUT2D eigenvalue weighted by Crippen LogP contribution is -2.08. The van der Waals surface area contributed by atoms with E-state index >= 15 is 0 Å². The molecule has 0 saturated heterocycles. The van der Waals surface area contributed by atoms with E-state index in [1.807, 2.05) is 44.2 Å². The van der Waals surface area contributed by atoms with E-state index in [-0.39, 0.29) is 11.5 Å². The van der Waals surface area contributed by atoms with Crippen molar-refractivity contribution in [2.24, 2.45) is 0 Å². The molecule has 0 aliphatic rings. The van der Waals surface area contributed by atoms with Gasteiger partial charge in [-0.1, -0.05) is 45.4 Å². The van der Waals surface area contributed by atoms with Gasteiger partial charge in [0.05, 0.1) is 11.3 Å². The molecule has 0 fully saturated rings. The van der Waals surface area contributed by atoms with Crippen molar-refractivity contribution < 1.29 is 14.6 Å². The minimum absolute atomic E-state index is 0.148. The zero-order valence-corrected chi connectivity index (χ0v) is 14.5. The van der Waals surface area contributed by atoms with Gasteiger partial charge in [-0.25, -0.2) is 4.79 Å². The molecule has 2 aromatic rings. The molecule has 128 valence electrons. The fourth-order valence-corrected chi connectivity index (χ4v) is 2.46. The number of benzene rings is 2. The average Bonchev–Trinajstić information content (AvgIpc) is 2.56. The minimum atomic E-state index is -0.929. The molecule has 4 heteroatoms. The standard InChI is InChI=1S/C20H25NO3/c1-4-5-11-21-18-13-15(20(22)23)12-17(14(2)3)19(18)24-16-9-7-6-8-10-16/h6-10,12-14,21H,4-5,11H2,1-3H3,(H,22,23). The summed E-state index contributed by atoms with van der Waals surface area (Å²) in [6, 6.07) is 12.9. The Morgan fingerprint density at radius 1 is 1.21 bits per heavy atom. The molecule has 0 spiro atoms. The summed E-state index contributed by atoms with van der Waals surface area (Å²) in [4.78, 5) is 11.5. The molecule has 0 unspecified atom stereocenters. The number of nitrogens with one attached hydrogen (secondary N) is 1. The third-order valence-corrected chi connectivity index (χ3v) is 3.80. The van der Waals surface area contributed by atoms with Crippen LogP contribution in [-0.2, 0) is 0 Å². The maximum Gasteiger partial charge on any atom is 0.335 e. The third kappa shape index (κ3) is 4.51. The van der Waals surface area contributed by atoms with Gasteiger partial charge in [-0.15, -0.1) is 0 Å². The fraction of sp³-hybridized carbons (Fsp3) is 0.350. The maximum atomic E-state index is 11.5. The summed E-state index contributed by atoms with van der Waals surface area (Å²) in [5, 5.41) is 12.7. The van der Waals surface area contributed by atoms with E-state index in [0.717, 1.165) is 36.4 Å². The first-order valence-corrected chi connectivity index (χ1v) is 8.41. The topological polar surface area (TPSA) is 58.6 Å². The highest BCUT2D eigenvalue weighted by molar-refractivity contribution is 5.90. The molecule has 2 aromatic carbocycles. The number of ether oxygens (including phenoxy) is 1. The Morgan fingerprint density at radius 3 is 2.50 bits per heavy atom. The molecule has 0 heterocycles. The van der Waals surface area contributed by atoms with E-state index in [1.54, 1.807) is 12.1 Å². The van der Waals surface area contributed by atoms with Crippen LogP contribution >= 0.6 is 0 Å². The zero-order chi connectivity index (χ0) is 17.5. The number of carboxylic acid groups (broad SMARTS) is 1. The zero-order valence-electron chi connectivity index (χ0n) is 14.5. The fourth-order valence-electron chi connectivity index (χ4n) is 2.46. The van der Waals surface area contributed by atoms with Crippen molar-refractivity contribution in [2.45, 2.75) is 39.5 Å². The molecular weight excluding hydrogens is 302 g/mol. The van der Waals surface area contributed by atoms with Crippen molar-refractivity contribution in [3.8, 4) is 11.5 Å². The summed E-state index contributed by atoms with van der Waals surface area (Å²) in [6.07, 6.45) is 2.08. The number of anilines is 1. The predicted molar refractivity (Wildman–Crippen MR) is 97.4 cm³/mol. The largest absolute Gasteiger partial charge is 0.478 e. The van der Waals surface area contributed by atoms with Crippen LogP contribution < -0.4 is 10.1 Å². The van der Waals surface area contributed by atoms with Crippen LogP contribution in [0.5, 0.6) is 11.5 Å². The van der Waals surface area contributed by atoms with Crippen LogP contribution in [0.2, 0.25) is 0 Å². The Morgan fingerprint density at radius 2 is 1.92 bits per heavy atom. The van der Waals surface area contributed by atoms with Crippen LogP contribution in [0.1, 0.15) is 55.5 Å². The molecule has 24 heavy (non-hydrogen) atoms. The Labute approximate surface area is 143 Å². The van der Waals surface area contributed by atoms with Crippen molar-refractivity contribution in [2.75, 3.05) is 11.9 Å². The minimum Gasteiger partial charge on any atom is -0.478 e. The number of para-hydroxylation sites is 1. The van der Waals surface area contributed by atoms with Crippen LogP contribution in [0.15, 0.2) is 42.5 Å². The molecule has 0 radical (unpaired) electrons. The first kappa shape index (κ1) is 17.9. The van der Waals surface area contributed by atoms with Gasteiger partial charge in [0.1, 0.15) is 5.75 Å². The Kier molecular flexibility index (Phi) is 6.24. The summed E-state index contributed by atoms with van der Waals surface area (Å²) < 4.78 is 6.11. The van der Waals surface area contributed by atoms with Crippen molar-refractivity contribution >= 4 is 11.7 Å². The first-order valence-electron chi connectivity index (χ1n) is 8.41. The van der Waals surface area contributed by atoms with Gasteiger partial charge in [-0.3, -0.25) is 0 Å². The number of hydrogen-bond donors (Lipinski definition) is 2. The lowest BCUT2D eigenvalue weighted by molar-refractivity contribution is 0.0697. The monoisotopic (exact) mass is 327 g/mol. The number of aromatic carboxylic acids is 1. The summed E-state index contributed by atoms with van der Waals surface area (Å²) in [6.45, 7) is 6.97. The van der Waals surface area contributed by atoms with Gasteiger partial charge in [0.15, 0.2) is 5.75 Å². The van der Waals surface area contributed by atoms with Crippen LogP contribution in [-0.4, -0.2) is 17.6 Å². The highest BCUT2D eigenvalue weighted by Crippen LogP contribution is 2.38. The molecule has 0 amide bonds. The average molecular weight is 327 g/mol. The lowest BCUT2D eigenvalue weighted by Gasteiger charge is -2.20. The van der Waals surface area contributed by atoms with Crippen LogP contribution in [0.4, 0.5) is 5.69 Å². The smallest absolute Gasteiger partial charge is 0.335 e. The third-order valence-electron chi connectivity index (χ3n) is 3.80. The van der Waals surface area contributed by atoms with Gasteiger partial charge >= 0.3 is 5.97 Å².